The zero-order chi connectivity index (χ0) is 44.8. The van der Waals surface area contributed by atoms with Gasteiger partial charge in [0, 0.05) is 24.8 Å². The number of aliphatic hydroxyl groups is 2. The standard InChI is InChI=1S/C43H77NO15S2/c1-3-5-7-9-11-13-15-17-20-24-28-54-36-31-35(32-37(33-36)55-29-25-21-18-16-14-12-10-8-6-4-2)42(47)44-27-23-19-22-26-30-56-43-40(46)41(59-61(51,52)53)39(45)38(58-43)34-57-60(48,49)50/h31-33,38-41,43,45-46H,3-30,34H2,1-2H3,(H,44,47)(H,48,49,50)(H,51,52,53). The highest BCUT2D eigenvalue weighted by molar-refractivity contribution is 7.81. The average Bonchev–Trinajstić information content (AvgIpc) is 3.21. The average molecular weight is 912 g/mol. The van der Waals surface area contributed by atoms with Gasteiger partial charge >= 0.3 is 20.8 Å². The molecule has 1 aromatic carbocycles. The number of ether oxygens (including phenoxy) is 4. The van der Waals surface area contributed by atoms with Gasteiger partial charge in [0.1, 0.15) is 35.9 Å². The summed E-state index contributed by atoms with van der Waals surface area (Å²) >= 11 is 0. The molecule has 356 valence electrons. The quantitative estimate of drug-likeness (QED) is 0.0312. The molecule has 5 N–H and O–H groups in total. The van der Waals surface area contributed by atoms with Crippen LogP contribution < -0.4 is 14.8 Å². The summed E-state index contributed by atoms with van der Waals surface area (Å²) in [5.41, 5.74) is 0.458. The Bertz CT molecular complexity index is 1470. The monoisotopic (exact) mass is 911 g/mol. The van der Waals surface area contributed by atoms with Crippen molar-refractivity contribution in [1.29, 1.82) is 0 Å². The van der Waals surface area contributed by atoms with Gasteiger partial charge in [0.05, 0.1) is 19.8 Å². The Morgan fingerprint density at radius 2 is 1.05 bits per heavy atom. The Hall–Kier alpha value is -2.13. The Balaban J connectivity index is 1.81. The second-order valence-corrected chi connectivity index (χ2v) is 18.2. The van der Waals surface area contributed by atoms with Gasteiger partial charge in [-0.15, -0.1) is 0 Å². The van der Waals surface area contributed by atoms with Gasteiger partial charge in [-0.1, -0.05) is 142 Å². The van der Waals surface area contributed by atoms with Gasteiger partial charge in [0.15, 0.2) is 6.29 Å². The Kier molecular flexibility index (Phi) is 29.3. The normalized spacial score (nSPS) is 19.5. The van der Waals surface area contributed by atoms with Gasteiger partial charge in [0.2, 0.25) is 0 Å². The number of rotatable bonds is 38. The smallest absolute Gasteiger partial charge is 0.397 e. The molecule has 0 spiro atoms. The lowest BCUT2D eigenvalue weighted by Crippen LogP contribution is -2.60. The fourth-order valence-corrected chi connectivity index (χ4v) is 7.91. The second kappa shape index (κ2) is 32.5. The molecule has 1 heterocycles. The molecule has 16 nitrogen and oxygen atoms in total. The maximum Gasteiger partial charge on any atom is 0.397 e. The third-order valence-corrected chi connectivity index (χ3v) is 11.5. The van der Waals surface area contributed by atoms with E-state index in [2.05, 4.69) is 27.5 Å². The maximum absolute atomic E-state index is 13.3. The summed E-state index contributed by atoms with van der Waals surface area (Å²) in [7, 11) is -10.1. The molecule has 1 fully saturated rings. The number of carbonyl (C=O) groups excluding carboxylic acids is 1. The summed E-state index contributed by atoms with van der Waals surface area (Å²) in [6.45, 7) is 5.05. The lowest BCUT2D eigenvalue weighted by atomic mass is 9.99. The first-order valence-electron chi connectivity index (χ1n) is 22.8. The highest BCUT2D eigenvalue weighted by atomic mass is 32.3. The summed E-state index contributed by atoms with van der Waals surface area (Å²) in [5, 5.41) is 23.8. The minimum absolute atomic E-state index is 0.00245. The van der Waals surface area contributed by atoms with Gasteiger partial charge in [0.25, 0.3) is 5.91 Å². The molecule has 61 heavy (non-hydrogen) atoms. The Labute approximate surface area is 366 Å². The predicted octanol–water partition coefficient (Wildman–Crippen LogP) is 8.05. The highest BCUT2D eigenvalue weighted by Crippen LogP contribution is 2.27. The van der Waals surface area contributed by atoms with E-state index in [1.165, 1.54) is 103 Å². The Morgan fingerprint density at radius 1 is 0.607 bits per heavy atom. The topological polar surface area (TPSA) is 234 Å². The molecule has 5 unspecified atom stereocenters. The van der Waals surface area contributed by atoms with Crippen LogP contribution >= 0.6 is 0 Å². The van der Waals surface area contributed by atoms with E-state index in [4.69, 9.17) is 28.1 Å². The van der Waals surface area contributed by atoms with Crippen molar-refractivity contribution in [2.75, 3.05) is 33.0 Å². The largest absolute Gasteiger partial charge is 0.493 e. The van der Waals surface area contributed by atoms with Crippen LogP contribution in [0.5, 0.6) is 11.5 Å². The summed E-state index contributed by atoms with van der Waals surface area (Å²) < 4.78 is 94.3. The van der Waals surface area contributed by atoms with E-state index in [0.717, 1.165) is 25.7 Å². The van der Waals surface area contributed by atoms with E-state index in [1.54, 1.807) is 12.1 Å². The van der Waals surface area contributed by atoms with Crippen molar-refractivity contribution < 1.29 is 68.3 Å². The first kappa shape index (κ1) is 55.0. The molecule has 0 radical (unpaired) electrons. The van der Waals surface area contributed by atoms with E-state index in [-0.39, 0.29) is 12.5 Å². The second-order valence-electron chi connectivity index (χ2n) is 16.0. The number of hydrogen-bond acceptors (Lipinski definition) is 13. The number of benzene rings is 1. The number of nitrogens with one attached hydrogen (secondary N) is 1. The Morgan fingerprint density at radius 3 is 1.51 bits per heavy atom. The van der Waals surface area contributed by atoms with E-state index in [1.807, 2.05) is 6.07 Å². The molecule has 1 aliphatic rings. The summed E-state index contributed by atoms with van der Waals surface area (Å²) in [4.78, 5) is 13.3. The van der Waals surface area contributed by atoms with Gasteiger partial charge in [-0.05, 0) is 37.8 Å². The summed E-state index contributed by atoms with van der Waals surface area (Å²) in [5.74, 6) is 0.976. The molecule has 18 heteroatoms. The van der Waals surface area contributed by atoms with Crippen molar-refractivity contribution >= 4 is 26.7 Å². The van der Waals surface area contributed by atoms with Crippen molar-refractivity contribution in [2.24, 2.45) is 0 Å². The minimum Gasteiger partial charge on any atom is -0.493 e. The summed E-state index contributed by atoms with van der Waals surface area (Å²) in [6.07, 6.45) is 18.0. The molecule has 1 saturated heterocycles. The zero-order valence-corrected chi connectivity index (χ0v) is 38.4. The van der Waals surface area contributed by atoms with Gasteiger partial charge in [-0.3, -0.25) is 13.9 Å². The minimum atomic E-state index is -5.15. The van der Waals surface area contributed by atoms with Crippen LogP contribution in [0.25, 0.3) is 0 Å². The fourth-order valence-electron chi connectivity index (χ4n) is 7.10. The molecule has 0 bridgehead atoms. The number of hydrogen-bond donors (Lipinski definition) is 5. The fraction of sp³-hybridized carbons (Fsp3) is 0.837. The van der Waals surface area contributed by atoms with Crippen LogP contribution in [0.2, 0.25) is 0 Å². The number of aliphatic hydroxyl groups excluding tert-OH is 2. The van der Waals surface area contributed by atoms with Crippen molar-refractivity contribution in [3.8, 4) is 11.5 Å². The van der Waals surface area contributed by atoms with E-state index < -0.39 is 58.1 Å². The highest BCUT2D eigenvalue weighted by Gasteiger charge is 2.48. The molecule has 1 aliphatic heterocycles. The molecule has 5 atom stereocenters. The third kappa shape index (κ3) is 27.0. The lowest BCUT2D eigenvalue weighted by Gasteiger charge is -2.41. The first-order valence-corrected chi connectivity index (χ1v) is 25.6. The third-order valence-electron chi connectivity index (χ3n) is 10.6. The van der Waals surface area contributed by atoms with Crippen molar-refractivity contribution in [3.63, 3.8) is 0 Å². The van der Waals surface area contributed by atoms with Crippen LogP contribution in [-0.2, 0) is 38.6 Å². The van der Waals surface area contributed by atoms with Crippen molar-refractivity contribution in [2.45, 2.75) is 199 Å². The van der Waals surface area contributed by atoms with Crippen LogP contribution in [0, 0.1) is 0 Å². The van der Waals surface area contributed by atoms with Crippen LogP contribution in [0.15, 0.2) is 18.2 Å². The number of unbranched alkanes of at least 4 members (excludes halogenated alkanes) is 21. The molecule has 1 amide bonds. The number of amides is 1. The SMILES string of the molecule is CCCCCCCCCCCCOc1cc(OCCCCCCCCCCCC)cc(C(=O)NCCCCCCOC2OC(COS(=O)(=O)O)C(O)C(OS(=O)(=O)O)C2O)c1. The predicted molar refractivity (Wildman–Crippen MR) is 232 cm³/mol. The molecular weight excluding hydrogens is 835 g/mol. The van der Waals surface area contributed by atoms with E-state index in [0.29, 0.717) is 62.5 Å². The molecule has 0 aromatic heterocycles. The molecule has 0 aliphatic carbocycles. The molecular formula is C43H77NO15S2. The first-order chi connectivity index (χ1) is 29.2. The van der Waals surface area contributed by atoms with Crippen molar-refractivity contribution in [3.05, 3.63) is 23.8 Å². The van der Waals surface area contributed by atoms with Crippen LogP contribution in [0.3, 0.4) is 0 Å². The van der Waals surface area contributed by atoms with E-state index in [9.17, 15) is 31.8 Å². The molecule has 1 aromatic rings. The van der Waals surface area contributed by atoms with Crippen molar-refractivity contribution in [1.82, 2.24) is 5.32 Å². The molecule has 0 saturated carbocycles. The molecule has 2 rings (SSSR count). The van der Waals surface area contributed by atoms with E-state index >= 15 is 0 Å². The lowest BCUT2D eigenvalue weighted by molar-refractivity contribution is -0.296. The number of carbonyl (C=O) groups is 1. The summed E-state index contributed by atoms with van der Waals surface area (Å²) in [6, 6.07) is 5.37. The van der Waals surface area contributed by atoms with Gasteiger partial charge in [-0.2, -0.15) is 16.8 Å². The maximum atomic E-state index is 13.3. The van der Waals surface area contributed by atoms with Crippen LogP contribution in [0.1, 0.15) is 178 Å². The van der Waals surface area contributed by atoms with Crippen LogP contribution in [-0.4, -0.2) is 106 Å². The zero-order valence-electron chi connectivity index (χ0n) is 36.7. The van der Waals surface area contributed by atoms with Gasteiger partial charge in [-0.25, -0.2) is 8.37 Å². The van der Waals surface area contributed by atoms with Crippen LogP contribution in [0.4, 0.5) is 0 Å². The van der Waals surface area contributed by atoms with Gasteiger partial charge < -0.3 is 34.5 Å².